The molecule has 0 saturated carbocycles. The fourth-order valence-corrected chi connectivity index (χ4v) is 3.01. The van der Waals surface area contributed by atoms with E-state index in [1.165, 1.54) is 24.3 Å². The Balaban J connectivity index is 1.62. The number of nitrogens with one attached hydrogen (secondary N) is 3. The minimum atomic E-state index is -4.50. The summed E-state index contributed by atoms with van der Waals surface area (Å²) in [5, 5.41) is 8.24. The van der Waals surface area contributed by atoms with Crippen LogP contribution in [-0.4, -0.2) is 18.4 Å². The number of benzene rings is 3. The topological polar surface area (TPSA) is 70.2 Å². The lowest BCUT2D eigenvalue weighted by atomic mass is 10.1. The second-order valence-electron chi connectivity index (χ2n) is 7.26. The van der Waals surface area contributed by atoms with Gasteiger partial charge in [0.05, 0.1) is 12.1 Å². The summed E-state index contributed by atoms with van der Waals surface area (Å²) in [7, 11) is 0. The Labute approximate surface area is 183 Å². The predicted octanol–water partition coefficient (Wildman–Crippen LogP) is 5.63. The van der Waals surface area contributed by atoms with Crippen LogP contribution >= 0.6 is 0 Å². The van der Waals surface area contributed by atoms with E-state index >= 15 is 0 Å². The Bertz CT molecular complexity index is 1140. The highest BCUT2D eigenvalue weighted by Gasteiger charge is 2.30. The minimum absolute atomic E-state index is 0.0217. The van der Waals surface area contributed by atoms with Gasteiger partial charge in [0, 0.05) is 22.6 Å². The Morgan fingerprint density at radius 1 is 0.844 bits per heavy atom. The molecule has 3 rings (SSSR count). The van der Waals surface area contributed by atoms with Crippen LogP contribution in [0.5, 0.6) is 0 Å². The maximum absolute atomic E-state index is 12.9. The average Bonchev–Trinajstić information content (AvgIpc) is 2.75. The van der Waals surface area contributed by atoms with Crippen LogP contribution in [-0.2, 0) is 11.0 Å². The van der Waals surface area contributed by atoms with E-state index in [4.69, 9.17) is 0 Å². The molecule has 5 nitrogen and oxygen atoms in total. The van der Waals surface area contributed by atoms with Gasteiger partial charge in [-0.1, -0.05) is 24.3 Å². The SMILES string of the molecule is Cc1cccc(NC(=O)CNc2cccc(C(=O)Nc3cccc(C(F)(F)F)c3)c2)c1C. The molecule has 32 heavy (non-hydrogen) atoms. The molecule has 166 valence electrons. The van der Waals surface area contributed by atoms with Gasteiger partial charge < -0.3 is 16.0 Å². The van der Waals surface area contributed by atoms with Gasteiger partial charge in [-0.2, -0.15) is 13.2 Å². The molecular formula is C24H22F3N3O2. The smallest absolute Gasteiger partial charge is 0.376 e. The molecule has 0 unspecified atom stereocenters. The maximum Gasteiger partial charge on any atom is 0.416 e. The van der Waals surface area contributed by atoms with E-state index in [1.54, 1.807) is 12.1 Å². The largest absolute Gasteiger partial charge is 0.416 e. The van der Waals surface area contributed by atoms with E-state index in [1.807, 2.05) is 32.0 Å². The molecule has 3 N–H and O–H groups in total. The van der Waals surface area contributed by atoms with Crippen LogP contribution in [0.4, 0.5) is 30.2 Å². The van der Waals surface area contributed by atoms with Gasteiger partial charge in [0.25, 0.3) is 5.91 Å². The van der Waals surface area contributed by atoms with Crippen LogP contribution in [0.2, 0.25) is 0 Å². The number of hydrogen-bond acceptors (Lipinski definition) is 3. The second kappa shape index (κ2) is 9.55. The highest BCUT2D eigenvalue weighted by atomic mass is 19.4. The molecule has 2 amide bonds. The zero-order chi connectivity index (χ0) is 23.3. The Morgan fingerprint density at radius 2 is 1.53 bits per heavy atom. The van der Waals surface area contributed by atoms with Crippen molar-refractivity contribution in [3.05, 3.63) is 89.0 Å². The minimum Gasteiger partial charge on any atom is -0.376 e. The summed E-state index contributed by atoms with van der Waals surface area (Å²) in [6.45, 7) is 3.86. The number of anilines is 3. The Kier molecular flexibility index (Phi) is 6.82. The standard InChI is InChI=1S/C24H22F3N3O2/c1-15-6-3-11-21(16(15)2)30-22(31)14-28-19-9-4-7-17(12-19)23(32)29-20-10-5-8-18(13-20)24(25,26)27/h3-13,28H,14H2,1-2H3,(H,29,32)(H,30,31). The number of hydrogen-bond donors (Lipinski definition) is 3. The molecule has 3 aromatic carbocycles. The first-order chi connectivity index (χ1) is 15.1. The third-order valence-electron chi connectivity index (χ3n) is 4.90. The zero-order valence-corrected chi connectivity index (χ0v) is 17.5. The monoisotopic (exact) mass is 441 g/mol. The van der Waals surface area contributed by atoms with Crippen LogP contribution in [0.25, 0.3) is 0 Å². The quantitative estimate of drug-likeness (QED) is 0.465. The lowest BCUT2D eigenvalue weighted by molar-refractivity contribution is -0.137. The molecule has 0 aromatic heterocycles. The van der Waals surface area contributed by atoms with Crippen molar-refractivity contribution in [3.8, 4) is 0 Å². The lowest BCUT2D eigenvalue weighted by Crippen LogP contribution is -2.22. The predicted molar refractivity (Wildman–Crippen MR) is 119 cm³/mol. The van der Waals surface area contributed by atoms with E-state index in [0.717, 1.165) is 28.9 Å². The van der Waals surface area contributed by atoms with Crippen LogP contribution in [0.15, 0.2) is 66.7 Å². The highest BCUT2D eigenvalue weighted by Crippen LogP contribution is 2.30. The van der Waals surface area contributed by atoms with Gasteiger partial charge >= 0.3 is 6.18 Å². The number of halogens is 3. The summed E-state index contributed by atoms with van der Waals surface area (Å²) in [4.78, 5) is 24.8. The molecule has 0 atom stereocenters. The fraction of sp³-hybridized carbons (Fsp3) is 0.167. The van der Waals surface area contributed by atoms with Gasteiger partial charge in [0.2, 0.25) is 5.91 Å². The number of aryl methyl sites for hydroxylation is 1. The molecule has 0 aliphatic heterocycles. The summed E-state index contributed by atoms with van der Waals surface area (Å²) in [5.41, 5.74) is 2.73. The Hall–Kier alpha value is -3.81. The third-order valence-corrected chi connectivity index (χ3v) is 4.90. The van der Waals surface area contributed by atoms with Gasteiger partial charge in [0.15, 0.2) is 0 Å². The number of alkyl halides is 3. The molecule has 0 bridgehead atoms. The van der Waals surface area contributed by atoms with Gasteiger partial charge in [-0.05, 0) is 67.4 Å². The molecule has 0 spiro atoms. The van der Waals surface area contributed by atoms with Crippen molar-refractivity contribution >= 4 is 28.9 Å². The van der Waals surface area contributed by atoms with Gasteiger partial charge in [0.1, 0.15) is 0 Å². The van der Waals surface area contributed by atoms with E-state index in [0.29, 0.717) is 5.69 Å². The van der Waals surface area contributed by atoms with Crippen LogP contribution in [0, 0.1) is 13.8 Å². The highest BCUT2D eigenvalue weighted by molar-refractivity contribution is 6.05. The van der Waals surface area contributed by atoms with E-state index in [2.05, 4.69) is 16.0 Å². The molecule has 0 heterocycles. The normalized spacial score (nSPS) is 11.0. The lowest BCUT2D eigenvalue weighted by Gasteiger charge is -2.12. The number of carbonyl (C=O) groups is 2. The molecule has 0 aliphatic carbocycles. The second-order valence-corrected chi connectivity index (χ2v) is 7.26. The molecule has 0 radical (unpaired) electrons. The van der Waals surface area contributed by atoms with Crippen molar-refractivity contribution < 1.29 is 22.8 Å². The summed E-state index contributed by atoms with van der Waals surface area (Å²) >= 11 is 0. The average molecular weight is 441 g/mol. The fourth-order valence-electron chi connectivity index (χ4n) is 3.01. The van der Waals surface area contributed by atoms with Gasteiger partial charge in [-0.3, -0.25) is 9.59 Å². The van der Waals surface area contributed by atoms with Gasteiger partial charge in [-0.25, -0.2) is 0 Å². The first kappa shape index (κ1) is 22.9. The van der Waals surface area contributed by atoms with Crippen LogP contribution in [0.3, 0.4) is 0 Å². The molecule has 3 aromatic rings. The van der Waals surface area contributed by atoms with Crippen LogP contribution < -0.4 is 16.0 Å². The van der Waals surface area contributed by atoms with Crippen LogP contribution in [0.1, 0.15) is 27.0 Å². The molecule has 8 heteroatoms. The first-order valence-electron chi connectivity index (χ1n) is 9.82. The maximum atomic E-state index is 12.9. The zero-order valence-electron chi connectivity index (χ0n) is 17.5. The van der Waals surface area contributed by atoms with Crippen molar-refractivity contribution in [3.63, 3.8) is 0 Å². The third kappa shape index (κ3) is 5.87. The summed E-state index contributed by atoms with van der Waals surface area (Å²) in [5.74, 6) is -0.815. The molecule has 0 fully saturated rings. The van der Waals surface area contributed by atoms with Crippen molar-refractivity contribution in [2.75, 3.05) is 22.5 Å². The number of carbonyl (C=O) groups excluding carboxylic acids is 2. The van der Waals surface area contributed by atoms with E-state index < -0.39 is 17.6 Å². The summed E-state index contributed by atoms with van der Waals surface area (Å²) in [6.07, 6.45) is -4.50. The van der Waals surface area contributed by atoms with Crippen molar-refractivity contribution in [1.82, 2.24) is 0 Å². The van der Waals surface area contributed by atoms with Crippen molar-refractivity contribution in [2.24, 2.45) is 0 Å². The van der Waals surface area contributed by atoms with E-state index in [-0.39, 0.29) is 23.7 Å². The Morgan fingerprint density at radius 3 is 2.28 bits per heavy atom. The molecule has 0 aliphatic rings. The first-order valence-corrected chi connectivity index (χ1v) is 9.82. The molecule has 0 saturated heterocycles. The van der Waals surface area contributed by atoms with E-state index in [9.17, 15) is 22.8 Å². The van der Waals surface area contributed by atoms with Gasteiger partial charge in [-0.15, -0.1) is 0 Å². The summed E-state index contributed by atoms with van der Waals surface area (Å²) in [6, 6.07) is 16.4. The number of rotatable bonds is 6. The van der Waals surface area contributed by atoms with Crippen molar-refractivity contribution in [2.45, 2.75) is 20.0 Å². The number of amides is 2. The van der Waals surface area contributed by atoms with Crippen molar-refractivity contribution in [1.29, 1.82) is 0 Å². The molecular weight excluding hydrogens is 419 g/mol. The summed E-state index contributed by atoms with van der Waals surface area (Å²) < 4.78 is 38.6.